The van der Waals surface area contributed by atoms with Gasteiger partial charge >= 0.3 is 0 Å². The first-order valence-electron chi connectivity index (χ1n) is 6.39. The van der Waals surface area contributed by atoms with Crippen LogP contribution in [0.25, 0.3) is 5.69 Å². The molecule has 0 aliphatic carbocycles. The van der Waals surface area contributed by atoms with Crippen LogP contribution in [0.3, 0.4) is 0 Å². The van der Waals surface area contributed by atoms with Crippen LogP contribution in [-0.4, -0.2) is 20.2 Å². The van der Waals surface area contributed by atoms with E-state index in [9.17, 15) is 0 Å². The Hall–Kier alpha value is -2.21. The minimum Gasteiger partial charge on any atom is -0.378 e. The Morgan fingerprint density at radius 3 is 2.55 bits per heavy atom. The van der Waals surface area contributed by atoms with Gasteiger partial charge in [0, 0.05) is 15.4 Å². The van der Waals surface area contributed by atoms with Crippen LogP contribution in [0, 0.1) is 6.92 Å². The highest BCUT2D eigenvalue weighted by atomic mass is 32.1. The van der Waals surface area contributed by atoms with Gasteiger partial charge in [-0.3, -0.25) is 0 Å². The summed E-state index contributed by atoms with van der Waals surface area (Å²) in [5, 5.41) is 14.6. The minimum absolute atomic E-state index is 0.299. The van der Waals surface area contributed by atoms with E-state index < -0.39 is 0 Å². The maximum Gasteiger partial charge on any atom is 0.143 e. The van der Waals surface area contributed by atoms with Gasteiger partial charge < -0.3 is 5.32 Å². The molecule has 6 heteroatoms. The van der Waals surface area contributed by atoms with Crippen molar-refractivity contribution in [2.75, 3.05) is 5.32 Å². The molecule has 0 radical (unpaired) electrons. The first kappa shape index (κ1) is 12.8. The highest BCUT2D eigenvalue weighted by molar-refractivity contribution is 7.12. The Balaban J connectivity index is 1.72. The van der Waals surface area contributed by atoms with Crippen molar-refractivity contribution in [3.05, 3.63) is 52.5 Å². The van der Waals surface area contributed by atoms with E-state index in [0.29, 0.717) is 6.04 Å². The van der Waals surface area contributed by atoms with E-state index >= 15 is 0 Å². The maximum absolute atomic E-state index is 3.86. The van der Waals surface area contributed by atoms with Gasteiger partial charge in [-0.2, -0.15) is 0 Å². The average Bonchev–Trinajstić information content (AvgIpc) is 3.10. The zero-order valence-electron chi connectivity index (χ0n) is 11.3. The lowest BCUT2D eigenvalue weighted by molar-refractivity contribution is 0.789. The fourth-order valence-corrected chi connectivity index (χ4v) is 2.88. The van der Waals surface area contributed by atoms with Crippen LogP contribution in [0.15, 0.2) is 42.7 Å². The predicted octanol–water partition coefficient (Wildman–Crippen LogP) is 3.21. The van der Waals surface area contributed by atoms with Crippen LogP contribution in [0.2, 0.25) is 0 Å². The second kappa shape index (κ2) is 5.42. The standard InChI is InChI=1S/C14H15N5S/c1-10-3-8-14(20-10)11(2)16-12-4-6-13(7-5-12)19-9-15-17-18-19/h3-9,11,16H,1-2H3. The van der Waals surface area contributed by atoms with Crippen molar-refractivity contribution >= 4 is 17.0 Å². The molecule has 0 bridgehead atoms. The van der Waals surface area contributed by atoms with Crippen molar-refractivity contribution < 1.29 is 0 Å². The molecule has 2 heterocycles. The van der Waals surface area contributed by atoms with Gasteiger partial charge in [0.05, 0.1) is 11.7 Å². The summed E-state index contributed by atoms with van der Waals surface area (Å²) < 4.78 is 1.63. The van der Waals surface area contributed by atoms with Gasteiger partial charge in [0.2, 0.25) is 0 Å². The molecular weight excluding hydrogens is 270 g/mol. The molecule has 5 nitrogen and oxygen atoms in total. The number of hydrogen-bond donors (Lipinski definition) is 1. The van der Waals surface area contributed by atoms with Crippen molar-refractivity contribution in [3.63, 3.8) is 0 Å². The summed E-state index contributed by atoms with van der Waals surface area (Å²) >= 11 is 1.82. The Morgan fingerprint density at radius 1 is 1.15 bits per heavy atom. The van der Waals surface area contributed by atoms with E-state index in [1.807, 2.05) is 35.6 Å². The van der Waals surface area contributed by atoms with Crippen molar-refractivity contribution in [2.45, 2.75) is 19.9 Å². The largest absolute Gasteiger partial charge is 0.378 e. The van der Waals surface area contributed by atoms with Gasteiger partial charge in [0.15, 0.2) is 0 Å². The number of benzene rings is 1. The average molecular weight is 285 g/mol. The smallest absolute Gasteiger partial charge is 0.143 e. The summed E-state index contributed by atoms with van der Waals surface area (Å²) in [6.07, 6.45) is 1.58. The van der Waals surface area contributed by atoms with Gasteiger partial charge in [0.25, 0.3) is 0 Å². The number of nitrogens with zero attached hydrogens (tertiary/aromatic N) is 4. The summed E-state index contributed by atoms with van der Waals surface area (Å²) in [5.41, 5.74) is 2.03. The summed E-state index contributed by atoms with van der Waals surface area (Å²) in [7, 11) is 0. The number of tetrazole rings is 1. The monoisotopic (exact) mass is 285 g/mol. The first-order valence-corrected chi connectivity index (χ1v) is 7.20. The third-order valence-corrected chi connectivity index (χ3v) is 4.24. The van der Waals surface area contributed by atoms with Gasteiger partial charge in [-0.05, 0) is 60.7 Å². The van der Waals surface area contributed by atoms with Gasteiger partial charge in [-0.1, -0.05) is 0 Å². The van der Waals surface area contributed by atoms with Gasteiger partial charge in [-0.25, -0.2) is 4.68 Å². The molecule has 0 saturated carbocycles. The lowest BCUT2D eigenvalue weighted by Crippen LogP contribution is -2.05. The predicted molar refractivity (Wildman–Crippen MR) is 80.2 cm³/mol. The quantitative estimate of drug-likeness (QED) is 0.799. The third-order valence-electron chi connectivity index (χ3n) is 3.05. The highest BCUT2D eigenvalue weighted by Crippen LogP contribution is 2.26. The Kier molecular flexibility index (Phi) is 3.47. The first-order chi connectivity index (χ1) is 9.72. The molecule has 0 spiro atoms. The summed E-state index contributed by atoms with van der Waals surface area (Å²) in [5.74, 6) is 0. The van der Waals surface area contributed by atoms with Crippen LogP contribution in [0.4, 0.5) is 5.69 Å². The van der Waals surface area contributed by atoms with Crippen LogP contribution in [0.5, 0.6) is 0 Å². The Labute approximate surface area is 121 Å². The molecule has 1 N–H and O–H groups in total. The summed E-state index contributed by atoms with van der Waals surface area (Å²) in [4.78, 5) is 2.68. The molecule has 20 heavy (non-hydrogen) atoms. The zero-order chi connectivity index (χ0) is 13.9. The molecule has 1 atom stereocenters. The molecule has 102 valence electrons. The van der Waals surface area contributed by atoms with Crippen molar-refractivity contribution in [1.82, 2.24) is 20.2 Å². The van der Waals surface area contributed by atoms with Crippen molar-refractivity contribution in [1.29, 1.82) is 0 Å². The zero-order valence-corrected chi connectivity index (χ0v) is 12.1. The molecule has 0 amide bonds. The molecule has 1 aromatic carbocycles. The SMILES string of the molecule is Cc1ccc(C(C)Nc2ccc(-n3cnnn3)cc2)s1. The van der Waals surface area contributed by atoms with Gasteiger partial charge in [-0.15, -0.1) is 16.4 Å². The van der Waals surface area contributed by atoms with E-state index in [2.05, 4.69) is 46.8 Å². The van der Waals surface area contributed by atoms with E-state index in [0.717, 1.165) is 11.4 Å². The molecule has 3 aromatic rings. The summed E-state index contributed by atoms with van der Waals surface area (Å²) in [6, 6.07) is 12.7. The third kappa shape index (κ3) is 2.70. The number of anilines is 1. The van der Waals surface area contributed by atoms with Gasteiger partial charge in [0.1, 0.15) is 6.33 Å². The fraction of sp³-hybridized carbons (Fsp3) is 0.214. The number of thiophene rings is 1. The highest BCUT2D eigenvalue weighted by Gasteiger charge is 2.07. The number of hydrogen-bond acceptors (Lipinski definition) is 5. The molecule has 0 saturated heterocycles. The lowest BCUT2D eigenvalue weighted by Gasteiger charge is -2.14. The lowest BCUT2D eigenvalue weighted by atomic mass is 10.2. The molecule has 0 aliphatic heterocycles. The summed E-state index contributed by atoms with van der Waals surface area (Å²) in [6.45, 7) is 4.29. The number of nitrogens with one attached hydrogen (secondary N) is 1. The van der Waals surface area contributed by atoms with Crippen LogP contribution in [-0.2, 0) is 0 Å². The molecule has 0 aliphatic rings. The molecule has 0 fully saturated rings. The van der Waals surface area contributed by atoms with E-state index in [-0.39, 0.29) is 0 Å². The van der Waals surface area contributed by atoms with E-state index in [1.54, 1.807) is 11.0 Å². The van der Waals surface area contributed by atoms with Crippen molar-refractivity contribution in [2.24, 2.45) is 0 Å². The molecule has 1 unspecified atom stereocenters. The molecule has 3 rings (SSSR count). The number of rotatable bonds is 4. The fourth-order valence-electron chi connectivity index (χ4n) is 2.00. The Bertz CT molecular complexity index is 672. The second-order valence-electron chi connectivity index (χ2n) is 4.62. The van der Waals surface area contributed by atoms with Crippen molar-refractivity contribution in [3.8, 4) is 5.69 Å². The van der Waals surface area contributed by atoms with Crippen LogP contribution < -0.4 is 5.32 Å². The number of aromatic nitrogens is 4. The molecule has 2 aromatic heterocycles. The van der Waals surface area contributed by atoms with Crippen LogP contribution >= 0.6 is 11.3 Å². The van der Waals surface area contributed by atoms with E-state index in [4.69, 9.17) is 0 Å². The minimum atomic E-state index is 0.299. The van der Waals surface area contributed by atoms with Crippen LogP contribution in [0.1, 0.15) is 22.7 Å². The normalized spacial score (nSPS) is 12.3. The number of aryl methyl sites for hydroxylation is 1. The second-order valence-corrected chi connectivity index (χ2v) is 5.94. The maximum atomic E-state index is 3.86. The Morgan fingerprint density at radius 2 is 1.95 bits per heavy atom. The molecular formula is C14H15N5S. The van der Waals surface area contributed by atoms with E-state index in [1.165, 1.54) is 9.75 Å². The topological polar surface area (TPSA) is 55.6 Å².